The fourth-order valence-corrected chi connectivity index (χ4v) is 2.61. The molecule has 0 fully saturated rings. The highest BCUT2D eigenvalue weighted by Gasteiger charge is 2.12. The highest BCUT2D eigenvalue weighted by molar-refractivity contribution is 6.31. The molecule has 0 saturated heterocycles. The molecule has 0 aliphatic rings. The Morgan fingerprint density at radius 1 is 1.24 bits per heavy atom. The number of aryl methyl sites for hydroxylation is 1. The molecular formula is C20H23ClFNO2. The highest BCUT2D eigenvalue weighted by Crippen LogP contribution is 2.31. The number of hydrogen-bond acceptors (Lipinski definition) is 2. The van der Waals surface area contributed by atoms with Crippen molar-refractivity contribution < 1.29 is 13.9 Å². The van der Waals surface area contributed by atoms with E-state index in [0.717, 1.165) is 16.7 Å². The van der Waals surface area contributed by atoms with Gasteiger partial charge in [0.2, 0.25) is 0 Å². The van der Waals surface area contributed by atoms with Crippen LogP contribution in [0.15, 0.2) is 36.4 Å². The minimum atomic E-state index is -0.264. The Labute approximate surface area is 153 Å². The van der Waals surface area contributed by atoms with Gasteiger partial charge in [-0.1, -0.05) is 37.6 Å². The Kier molecular flexibility index (Phi) is 6.82. The molecule has 0 unspecified atom stereocenters. The van der Waals surface area contributed by atoms with Gasteiger partial charge < -0.3 is 10.1 Å². The molecule has 0 heterocycles. The minimum Gasteiger partial charge on any atom is -0.483 e. The van der Waals surface area contributed by atoms with E-state index < -0.39 is 0 Å². The smallest absolute Gasteiger partial charge is 0.257 e. The molecule has 0 aliphatic carbocycles. The predicted octanol–water partition coefficient (Wildman–Crippen LogP) is 4.65. The lowest BCUT2D eigenvalue weighted by molar-refractivity contribution is -0.123. The number of amides is 1. The first-order valence-corrected chi connectivity index (χ1v) is 8.68. The molecule has 0 aromatic heterocycles. The van der Waals surface area contributed by atoms with Gasteiger partial charge in [-0.3, -0.25) is 4.79 Å². The van der Waals surface area contributed by atoms with Crippen molar-refractivity contribution >= 4 is 17.5 Å². The summed E-state index contributed by atoms with van der Waals surface area (Å²) in [6.45, 7) is 6.43. The van der Waals surface area contributed by atoms with Crippen LogP contribution in [-0.4, -0.2) is 19.1 Å². The van der Waals surface area contributed by atoms with Crippen molar-refractivity contribution in [1.82, 2.24) is 5.32 Å². The summed E-state index contributed by atoms with van der Waals surface area (Å²) in [7, 11) is 0. The van der Waals surface area contributed by atoms with Gasteiger partial charge in [-0.05, 0) is 60.2 Å². The summed E-state index contributed by atoms with van der Waals surface area (Å²) in [4.78, 5) is 12.0. The van der Waals surface area contributed by atoms with Gasteiger partial charge in [-0.15, -0.1) is 0 Å². The molecule has 0 radical (unpaired) electrons. The lowest BCUT2D eigenvalue weighted by Crippen LogP contribution is -2.30. The van der Waals surface area contributed by atoms with E-state index in [2.05, 4.69) is 19.2 Å². The molecule has 2 rings (SSSR count). The van der Waals surface area contributed by atoms with Crippen molar-refractivity contribution in [2.24, 2.45) is 0 Å². The molecule has 0 bridgehead atoms. The summed E-state index contributed by atoms with van der Waals surface area (Å²) < 4.78 is 18.5. The Hall–Kier alpha value is -2.07. The fourth-order valence-electron chi connectivity index (χ4n) is 2.44. The van der Waals surface area contributed by atoms with E-state index >= 15 is 0 Å². The number of ether oxygens (including phenoxy) is 1. The fraction of sp³-hybridized carbons (Fsp3) is 0.350. The Bertz CT molecular complexity index is 729. The standard InChI is InChI=1S/C20H23ClFNO2/c1-13(2)17-11-18(21)14(3)10-19(17)25-12-20(24)23-9-8-15-4-6-16(22)7-5-15/h4-7,10-11,13H,8-9,12H2,1-3H3,(H,23,24). The zero-order chi connectivity index (χ0) is 18.4. The third-order valence-corrected chi connectivity index (χ3v) is 4.33. The van der Waals surface area contributed by atoms with Gasteiger partial charge >= 0.3 is 0 Å². The number of nitrogens with one attached hydrogen (secondary N) is 1. The summed E-state index contributed by atoms with van der Waals surface area (Å²) in [5.74, 6) is 0.477. The van der Waals surface area contributed by atoms with Gasteiger partial charge in [0, 0.05) is 11.6 Å². The second-order valence-corrected chi connectivity index (χ2v) is 6.72. The monoisotopic (exact) mass is 363 g/mol. The summed E-state index contributed by atoms with van der Waals surface area (Å²) in [6, 6.07) is 10.0. The molecule has 2 aromatic rings. The first kappa shape index (κ1) is 19.3. The third kappa shape index (κ3) is 5.75. The van der Waals surface area contributed by atoms with E-state index in [1.165, 1.54) is 12.1 Å². The van der Waals surface area contributed by atoms with Crippen LogP contribution < -0.4 is 10.1 Å². The molecule has 0 aliphatic heterocycles. The van der Waals surface area contributed by atoms with Crippen molar-refractivity contribution in [3.05, 3.63) is 63.9 Å². The topological polar surface area (TPSA) is 38.3 Å². The quantitative estimate of drug-likeness (QED) is 0.777. The number of rotatable bonds is 7. The zero-order valence-corrected chi connectivity index (χ0v) is 15.5. The largest absolute Gasteiger partial charge is 0.483 e. The lowest BCUT2D eigenvalue weighted by Gasteiger charge is -2.16. The number of hydrogen-bond donors (Lipinski definition) is 1. The maximum atomic E-state index is 12.8. The van der Waals surface area contributed by atoms with E-state index in [9.17, 15) is 9.18 Å². The van der Waals surface area contributed by atoms with Crippen LogP contribution in [0.25, 0.3) is 0 Å². The zero-order valence-electron chi connectivity index (χ0n) is 14.7. The Morgan fingerprint density at radius 2 is 1.92 bits per heavy atom. The van der Waals surface area contributed by atoms with E-state index in [4.69, 9.17) is 16.3 Å². The number of carbonyl (C=O) groups excluding carboxylic acids is 1. The van der Waals surface area contributed by atoms with Crippen LogP contribution in [0.4, 0.5) is 4.39 Å². The first-order valence-electron chi connectivity index (χ1n) is 8.30. The maximum absolute atomic E-state index is 12.8. The second kappa shape index (κ2) is 8.86. The van der Waals surface area contributed by atoms with Crippen LogP contribution in [0.5, 0.6) is 5.75 Å². The minimum absolute atomic E-state index is 0.0514. The summed E-state index contributed by atoms with van der Waals surface area (Å²) in [6.07, 6.45) is 0.642. The number of carbonyl (C=O) groups is 1. The summed E-state index contributed by atoms with van der Waals surface area (Å²) >= 11 is 6.17. The van der Waals surface area contributed by atoms with Crippen LogP contribution >= 0.6 is 11.6 Å². The normalized spacial score (nSPS) is 10.8. The van der Waals surface area contributed by atoms with Gasteiger partial charge in [0.25, 0.3) is 5.91 Å². The molecular weight excluding hydrogens is 341 g/mol. The average molecular weight is 364 g/mol. The highest BCUT2D eigenvalue weighted by atomic mass is 35.5. The Balaban J connectivity index is 1.85. The van der Waals surface area contributed by atoms with E-state index in [0.29, 0.717) is 23.7 Å². The molecule has 0 saturated carbocycles. The summed E-state index contributed by atoms with van der Waals surface area (Å²) in [5, 5.41) is 3.50. The average Bonchev–Trinajstić information content (AvgIpc) is 2.57. The predicted molar refractivity (Wildman–Crippen MR) is 98.9 cm³/mol. The van der Waals surface area contributed by atoms with E-state index in [1.807, 2.05) is 19.1 Å². The molecule has 5 heteroatoms. The van der Waals surface area contributed by atoms with Gasteiger partial charge in [0.1, 0.15) is 11.6 Å². The maximum Gasteiger partial charge on any atom is 0.257 e. The van der Waals surface area contributed by atoms with Crippen LogP contribution in [0.2, 0.25) is 5.02 Å². The second-order valence-electron chi connectivity index (χ2n) is 6.31. The Morgan fingerprint density at radius 3 is 2.56 bits per heavy atom. The van der Waals surface area contributed by atoms with Crippen LogP contribution in [-0.2, 0) is 11.2 Å². The van der Waals surface area contributed by atoms with Gasteiger partial charge in [0.05, 0.1) is 0 Å². The molecule has 1 N–H and O–H groups in total. The molecule has 0 spiro atoms. The molecule has 3 nitrogen and oxygen atoms in total. The lowest BCUT2D eigenvalue weighted by atomic mass is 10.0. The van der Waals surface area contributed by atoms with Crippen LogP contribution in [0.3, 0.4) is 0 Å². The van der Waals surface area contributed by atoms with Crippen molar-refractivity contribution in [3.8, 4) is 5.75 Å². The van der Waals surface area contributed by atoms with Crippen molar-refractivity contribution in [2.75, 3.05) is 13.2 Å². The number of halogens is 2. The molecule has 1 amide bonds. The van der Waals surface area contributed by atoms with Gasteiger partial charge in [-0.2, -0.15) is 0 Å². The van der Waals surface area contributed by atoms with Gasteiger partial charge in [-0.25, -0.2) is 4.39 Å². The van der Waals surface area contributed by atoms with Gasteiger partial charge in [0.15, 0.2) is 6.61 Å². The molecule has 0 atom stereocenters. The first-order chi connectivity index (χ1) is 11.9. The van der Waals surface area contributed by atoms with Crippen molar-refractivity contribution in [1.29, 1.82) is 0 Å². The van der Waals surface area contributed by atoms with E-state index in [-0.39, 0.29) is 24.2 Å². The molecule has 25 heavy (non-hydrogen) atoms. The van der Waals surface area contributed by atoms with Crippen molar-refractivity contribution in [2.45, 2.75) is 33.1 Å². The van der Waals surface area contributed by atoms with Crippen molar-refractivity contribution in [3.63, 3.8) is 0 Å². The number of benzene rings is 2. The SMILES string of the molecule is Cc1cc(OCC(=O)NCCc2ccc(F)cc2)c(C(C)C)cc1Cl. The molecule has 134 valence electrons. The third-order valence-electron chi connectivity index (χ3n) is 3.92. The van der Waals surface area contributed by atoms with E-state index in [1.54, 1.807) is 12.1 Å². The van der Waals surface area contributed by atoms with Crippen LogP contribution in [0.1, 0.15) is 36.5 Å². The van der Waals surface area contributed by atoms with Crippen LogP contribution in [0, 0.1) is 12.7 Å². The molecule has 2 aromatic carbocycles. The summed E-state index contributed by atoms with van der Waals surface area (Å²) in [5.41, 5.74) is 2.87.